The fourth-order valence-corrected chi connectivity index (χ4v) is 3.42. The summed E-state index contributed by atoms with van der Waals surface area (Å²) in [5.74, 6) is 1.43. The highest BCUT2D eigenvalue weighted by atomic mass is 16.1. The van der Waals surface area contributed by atoms with Crippen LogP contribution < -0.4 is 5.56 Å². The summed E-state index contributed by atoms with van der Waals surface area (Å²) in [4.78, 5) is 20.0. The summed E-state index contributed by atoms with van der Waals surface area (Å²) in [6.07, 6.45) is 7.50. The first-order valence-electron chi connectivity index (χ1n) is 8.25. The fraction of sp³-hybridized carbons (Fsp3) is 0.389. The molecule has 0 unspecified atom stereocenters. The number of fused-ring (bicyclic) bond motifs is 1. The number of hydrogen-bond acceptors (Lipinski definition) is 3. The SMILES string of the molecule is Cc1ccc(-n2ncc3c(=O)[nH]c(CC4CCCC4)nc32)cc1. The van der Waals surface area contributed by atoms with Crippen LogP contribution in [0.25, 0.3) is 16.7 Å². The molecule has 0 saturated heterocycles. The second-order valence-electron chi connectivity index (χ2n) is 6.50. The molecule has 0 radical (unpaired) electrons. The quantitative estimate of drug-likeness (QED) is 0.808. The molecule has 1 aromatic carbocycles. The van der Waals surface area contributed by atoms with Crippen LogP contribution in [0.4, 0.5) is 0 Å². The number of nitrogens with one attached hydrogen (secondary N) is 1. The van der Waals surface area contributed by atoms with Crippen LogP contribution in [0, 0.1) is 12.8 Å². The molecule has 1 aliphatic carbocycles. The Labute approximate surface area is 134 Å². The maximum Gasteiger partial charge on any atom is 0.262 e. The lowest BCUT2D eigenvalue weighted by Gasteiger charge is -2.08. The van der Waals surface area contributed by atoms with E-state index in [1.807, 2.05) is 31.2 Å². The van der Waals surface area contributed by atoms with Gasteiger partial charge in [-0.3, -0.25) is 4.79 Å². The topological polar surface area (TPSA) is 63.6 Å². The Balaban J connectivity index is 1.78. The van der Waals surface area contributed by atoms with Gasteiger partial charge in [-0.25, -0.2) is 9.67 Å². The normalized spacial score (nSPS) is 15.5. The van der Waals surface area contributed by atoms with Crippen LogP contribution in [0.5, 0.6) is 0 Å². The second-order valence-corrected chi connectivity index (χ2v) is 6.50. The third-order valence-corrected chi connectivity index (χ3v) is 4.72. The molecule has 0 bridgehead atoms. The number of hydrogen-bond donors (Lipinski definition) is 1. The lowest BCUT2D eigenvalue weighted by molar-refractivity contribution is 0.530. The van der Waals surface area contributed by atoms with Gasteiger partial charge in [-0.1, -0.05) is 43.4 Å². The monoisotopic (exact) mass is 308 g/mol. The van der Waals surface area contributed by atoms with E-state index in [4.69, 9.17) is 4.98 Å². The summed E-state index contributed by atoms with van der Waals surface area (Å²) < 4.78 is 1.75. The average Bonchev–Trinajstić information content (AvgIpc) is 3.18. The third-order valence-electron chi connectivity index (χ3n) is 4.72. The molecule has 5 heteroatoms. The molecule has 1 N–H and O–H groups in total. The van der Waals surface area contributed by atoms with Gasteiger partial charge >= 0.3 is 0 Å². The number of aromatic nitrogens is 4. The number of aryl methyl sites for hydroxylation is 1. The standard InChI is InChI=1S/C18H20N4O/c1-12-6-8-14(9-7-12)22-17-15(11-19-22)18(23)21-16(20-17)10-13-4-2-3-5-13/h6-9,11,13H,2-5,10H2,1H3,(H,20,21,23). The Morgan fingerprint density at radius 3 is 2.70 bits per heavy atom. The third kappa shape index (κ3) is 2.67. The highest BCUT2D eigenvalue weighted by Gasteiger charge is 2.18. The zero-order valence-corrected chi connectivity index (χ0v) is 13.2. The molecule has 23 heavy (non-hydrogen) atoms. The molecule has 3 aromatic rings. The molecule has 0 spiro atoms. The molecular weight excluding hydrogens is 288 g/mol. The number of benzene rings is 1. The summed E-state index contributed by atoms with van der Waals surface area (Å²) in [5, 5.41) is 4.91. The molecule has 118 valence electrons. The van der Waals surface area contributed by atoms with Crippen molar-refractivity contribution in [1.29, 1.82) is 0 Å². The lowest BCUT2D eigenvalue weighted by Crippen LogP contribution is -2.14. The van der Waals surface area contributed by atoms with Gasteiger partial charge in [-0.2, -0.15) is 5.10 Å². The fourth-order valence-electron chi connectivity index (χ4n) is 3.42. The highest BCUT2D eigenvalue weighted by Crippen LogP contribution is 2.27. The molecule has 5 nitrogen and oxygen atoms in total. The minimum absolute atomic E-state index is 0.0960. The van der Waals surface area contributed by atoms with Gasteiger partial charge < -0.3 is 4.98 Å². The molecule has 4 rings (SSSR count). The van der Waals surface area contributed by atoms with Crippen LogP contribution in [0.1, 0.15) is 37.1 Å². The van der Waals surface area contributed by atoms with Gasteiger partial charge in [-0.15, -0.1) is 0 Å². The van der Waals surface area contributed by atoms with Gasteiger partial charge in [0.15, 0.2) is 5.65 Å². The minimum atomic E-state index is -0.0960. The van der Waals surface area contributed by atoms with E-state index in [1.54, 1.807) is 10.9 Å². The summed E-state index contributed by atoms with van der Waals surface area (Å²) in [7, 11) is 0. The van der Waals surface area contributed by atoms with Crippen molar-refractivity contribution in [3.63, 3.8) is 0 Å². The maximum absolute atomic E-state index is 12.3. The van der Waals surface area contributed by atoms with E-state index in [9.17, 15) is 4.79 Å². The van der Waals surface area contributed by atoms with Crippen molar-refractivity contribution in [2.45, 2.75) is 39.0 Å². The molecule has 0 aliphatic heterocycles. The highest BCUT2D eigenvalue weighted by molar-refractivity contribution is 5.75. The summed E-state index contributed by atoms with van der Waals surface area (Å²) in [6.45, 7) is 2.05. The van der Waals surface area contributed by atoms with Crippen molar-refractivity contribution in [3.8, 4) is 5.69 Å². The van der Waals surface area contributed by atoms with Crippen molar-refractivity contribution < 1.29 is 0 Å². The van der Waals surface area contributed by atoms with E-state index < -0.39 is 0 Å². The van der Waals surface area contributed by atoms with Crippen molar-refractivity contribution >= 4 is 11.0 Å². The Kier molecular flexibility index (Phi) is 3.48. The molecule has 0 amide bonds. The summed E-state index contributed by atoms with van der Waals surface area (Å²) in [5.41, 5.74) is 2.67. The Morgan fingerprint density at radius 1 is 1.22 bits per heavy atom. The lowest BCUT2D eigenvalue weighted by atomic mass is 10.0. The number of rotatable bonds is 3. The van der Waals surface area contributed by atoms with Crippen LogP contribution in [0.15, 0.2) is 35.3 Å². The van der Waals surface area contributed by atoms with Crippen LogP contribution in [0.2, 0.25) is 0 Å². The summed E-state index contributed by atoms with van der Waals surface area (Å²) in [6, 6.07) is 8.08. The first-order valence-corrected chi connectivity index (χ1v) is 8.25. The van der Waals surface area contributed by atoms with Gasteiger partial charge in [0.2, 0.25) is 0 Å². The first kappa shape index (κ1) is 14.2. The molecule has 0 atom stereocenters. The van der Waals surface area contributed by atoms with Gasteiger partial charge in [0.05, 0.1) is 11.9 Å². The van der Waals surface area contributed by atoms with Gasteiger partial charge in [-0.05, 0) is 25.0 Å². The Hall–Kier alpha value is -2.43. The van der Waals surface area contributed by atoms with Crippen LogP contribution in [-0.4, -0.2) is 19.7 Å². The molecule has 2 heterocycles. The molecule has 1 aliphatic rings. The predicted octanol–water partition coefficient (Wildman–Crippen LogP) is 3.15. The van der Waals surface area contributed by atoms with Crippen molar-refractivity contribution in [2.24, 2.45) is 5.92 Å². The Bertz CT molecular complexity index is 886. The van der Waals surface area contributed by atoms with Crippen LogP contribution >= 0.6 is 0 Å². The van der Waals surface area contributed by atoms with E-state index in [2.05, 4.69) is 10.1 Å². The van der Waals surface area contributed by atoms with Gasteiger partial charge in [0, 0.05) is 6.42 Å². The smallest absolute Gasteiger partial charge is 0.262 e. The molecular formula is C18H20N4O. The first-order chi connectivity index (χ1) is 11.2. The van der Waals surface area contributed by atoms with Crippen LogP contribution in [0.3, 0.4) is 0 Å². The maximum atomic E-state index is 12.3. The van der Waals surface area contributed by atoms with E-state index in [-0.39, 0.29) is 5.56 Å². The average molecular weight is 308 g/mol. The second kappa shape index (κ2) is 5.65. The molecule has 1 fully saturated rings. The van der Waals surface area contributed by atoms with E-state index in [0.717, 1.165) is 17.9 Å². The number of nitrogens with zero attached hydrogens (tertiary/aromatic N) is 3. The van der Waals surface area contributed by atoms with Crippen molar-refractivity contribution in [3.05, 3.63) is 52.2 Å². The van der Waals surface area contributed by atoms with E-state index >= 15 is 0 Å². The minimum Gasteiger partial charge on any atom is -0.310 e. The van der Waals surface area contributed by atoms with Gasteiger partial charge in [0.25, 0.3) is 5.56 Å². The molecule has 1 saturated carbocycles. The van der Waals surface area contributed by atoms with E-state index in [0.29, 0.717) is 17.0 Å². The van der Waals surface area contributed by atoms with Crippen molar-refractivity contribution in [1.82, 2.24) is 19.7 Å². The van der Waals surface area contributed by atoms with E-state index in [1.165, 1.54) is 31.2 Å². The predicted molar refractivity (Wildman–Crippen MR) is 89.9 cm³/mol. The molecule has 2 aromatic heterocycles. The van der Waals surface area contributed by atoms with Crippen molar-refractivity contribution in [2.75, 3.05) is 0 Å². The number of H-pyrrole nitrogens is 1. The zero-order valence-electron chi connectivity index (χ0n) is 13.2. The Morgan fingerprint density at radius 2 is 1.96 bits per heavy atom. The number of aromatic amines is 1. The largest absolute Gasteiger partial charge is 0.310 e. The van der Waals surface area contributed by atoms with Crippen LogP contribution in [-0.2, 0) is 6.42 Å². The zero-order chi connectivity index (χ0) is 15.8. The van der Waals surface area contributed by atoms with Gasteiger partial charge in [0.1, 0.15) is 11.2 Å². The summed E-state index contributed by atoms with van der Waals surface area (Å²) >= 11 is 0.